The Morgan fingerprint density at radius 2 is 1.83 bits per heavy atom. The molecule has 1 aliphatic heterocycles. The number of rotatable bonds is 10. The Kier molecular flexibility index (Phi) is 7.93. The van der Waals surface area contributed by atoms with E-state index in [0.717, 1.165) is 25.0 Å². The van der Waals surface area contributed by atoms with Crippen LogP contribution in [-0.4, -0.2) is 38.5 Å². The van der Waals surface area contributed by atoms with E-state index in [1.807, 2.05) is 18.2 Å². The molecule has 0 fully saturated rings. The zero-order valence-corrected chi connectivity index (χ0v) is 18.6. The minimum absolute atomic E-state index is 0.163. The van der Waals surface area contributed by atoms with Gasteiger partial charge in [0.05, 0.1) is 4.90 Å². The second-order valence-electron chi connectivity index (χ2n) is 7.04. The highest BCUT2D eigenvalue weighted by Gasteiger charge is 2.31. The Labute approximate surface area is 182 Å². The number of amides is 1. The van der Waals surface area contributed by atoms with Crippen LogP contribution in [0, 0.1) is 0 Å². The van der Waals surface area contributed by atoms with Crippen LogP contribution in [0.4, 0.5) is 0 Å². The van der Waals surface area contributed by atoms with Crippen molar-refractivity contribution in [2.75, 3.05) is 12.3 Å². The summed E-state index contributed by atoms with van der Waals surface area (Å²) in [5.41, 5.74) is 0.519. The average Bonchev–Trinajstić information content (AvgIpc) is 3.01. The predicted molar refractivity (Wildman–Crippen MR) is 121 cm³/mol. The maximum absolute atomic E-state index is 12.7. The SMILES string of the molecule is CCCCC(N=C1NS(=O)(=O)c2ccccc21)C(=O)NCCCSc1ccccc1. The second kappa shape index (κ2) is 10.6. The number of carbonyl (C=O) groups is 1. The topological polar surface area (TPSA) is 87.6 Å². The highest BCUT2D eigenvalue weighted by atomic mass is 32.2. The van der Waals surface area contributed by atoms with Crippen LogP contribution >= 0.6 is 11.8 Å². The number of nitrogens with one attached hydrogen (secondary N) is 2. The van der Waals surface area contributed by atoms with Gasteiger partial charge in [0.25, 0.3) is 10.0 Å². The number of hydrogen-bond donors (Lipinski definition) is 2. The molecule has 1 heterocycles. The van der Waals surface area contributed by atoms with Gasteiger partial charge in [-0.25, -0.2) is 8.42 Å². The van der Waals surface area contributed by atoms with Crippen LogP contribution in [0.1, 0.15) is 38.2 Å². The molecule has 0 spiro atoms. The van der Waals surface area contributed by atoms with Crippen molar-refractivity contribution < 1.29 is 13.2 Å². The van der Waals surface area contributed by atoms with Crippen LogP contribution in [-0.2, 0) is 14.8 Å². The zero-order valence-electron chi connectivity index (χ0n) is 17.0. The van der Waals surface area contributed by atoms with Crippen LogP contribution in [0.15, 0.2) is 69.4 Å². The number of benzene rings is 2. The number of nitrogens with zero attached hydrogens (tertiary/aromatic N) is 1. The van der Waals surface area contributed by atoms with E-state index < -0.39 is 16.1 Å². The van der Waals surface area contributed by atoms with E-state index in [4.69, 9.17) is 0 Å². The quantitative estimate of drug-likeness (QED) is 0.432. The molecule has 6 nitrogen and oxygen atoms in total. The van der Waals surface area contributed by atoms with Gasteiger partial charge in [0, 0.05) is 17.0 Å². The molecule has 1 aliphatic rings. The molecule has 0 aliphatic carbocycles. The predicted octanol–water partition coefficient (Wildman–Crippen LogP) is 3.58. The van der Waals surface area contributed by atoms with Crippen molar-refractivity contribution >= 4 is 33.5 Å². The van der Waals surface area contributed by atoms with Gasteiger partial charge in [0.1, 0.15) is 11.9 Å². The van der Waals surface area contributed by atoms with E-state index in [0.29, 0.717) is 18.5 Å². The maximum atomic E-state index is 12.7. The number of amidine groups is 1. The summed E-state index contributed by atoms with van der Waals surface area (Å²) in [5, 5.41) is 2.96. The molecule has 2 aromatic rings. The molecule has 8 heteroatoms. The Morgan fingerprint density at radius 3 is 2.60 bits per heavy atom. The van der Waals surface area contributed by atoms with Gasteiger partial charge in [-0.1, -0.05) is 50.1 Å². The summed E-state index contributed by atoms with van der Waals surface area (Å²) in [7, 11) is -3.61. The first-order valence-corrected chi connectivity index (χ1v) is 12.6. The fourth-order valence-corrected chi connectivity index (χ4v) is 5.26. The van der Waals surface area contributed by atoms with Gasteiger partial charge in [-0.05, 0) is 42.9 Å². The van der Waals surface area contributed by atoms with Gasteiger partial charge >= 0.3 is 0 Å². The molecule has 30 heavy (non-hydrogen) atoms. The second-order valence-corrected chi connectivity index (χ2v) is 9.86. The molecule has 0 aromatic heterocycles. The number of unbranched alkanes of at least 4 members (excludes halogenated alkanes) is 1. The minimum Gasteiger partial charge on any atom is -0.354 e. The number of carbonyl (C=O) groups excluding carboxylic acids is 1. The van der Waals surface area contributed by atoms with E-state index >= 15 is 0 Å². The van der Waals surface area contributed by atoms with Crippen molar-refractivity contribution in [3.63, 3.8) is 0 Å². The van der Waals surface area contributed by atoms with Gasteiger partial charge in [-0.2, -0.15) is 0 Å². The Morgan fingerprint density at radius 1 is 1.10 bits per heavy atom. The highest BCUT2D eigenvalue weighted by Crippen LogP contribution is 2.23. The normalized spacial score (nSPS) is 16.6. The summed E-state index contributed by atoms with van der Waals surface area (Å²) < 4.78 is 27.1. The third-order valence-electron chi connectivity index (χ3n) is 4.71. The van der Waals surface area contributed by atoms with Crippen molar-refractivity contribution in [3.8, 4) is 0 Å². The lowest BCUT2D eigenvalue weighted by Crippen LogP contribution is -2.36. The molecule has 1 unspecified atom stereocenters. The van der Waals surface area contributed by atoms with Gasteiger partial charge in [-0.15, -0.1) is 11.8 Å². The average molecular weight is 446 g/mol. The number of aliphatic imine (C=N–C) groups is 1. The Bertz CT molecular complexity index is 992. The van der Waals surface area contributed by atoms with Gasteiger partial charge < -0.3 is 5.32 Å². The van der Waals surface area contributed by atoms with Crippen molar-refractivity contribution in [2.45, 2.75) is 48.4 Å². The summed E-state index contributed by atoms with van der Waals surface area (Å²) in [6.07, 6.45) is 3.20. The zero-order chi connectivity index (χ0) is 21.4. The first-order chi connectivity index (χ1) is 14.5. The van der Waals surface area contributed by atoms with Crippen LogP contribution < -0.4 is 10.0 Å². The Balaban J connectivity index is 1.60. The summed E-state index contributed by atoms with van der Waals surface area (Å²) >= 11 is 1.76. The molecule has 160 valence electrons. The van der Waals surface area contributed by atoms with Crippen molar-refractivity contribution in [3.05, 3.63) is 60.2 Å². The summed E-state index contributed by atoms with van der Waals surface area (Å²) in [6.45, 7) is 2.62. The molecule has 0 saturated heterocycles. The lowest BCUT2D eigenvalue weighted by atomic mass is 10.1. The van der Waals surface area contributed by atoms with E-state index in [-0.39, 0.29) is 16.6 Å². The highest BCUT2D eigenvalue weighted by molar-refractivity contribution is 7.99. The molecular formula is C22H27N3O3S2. The molecule has 0 saturated carbocycles. The van der Waals surface area contributed by atoms with E-state index in [9.17, 15) is 13.2 Å². The van der Waals surface area contributed by atoms with Crippen molar-refractivity contribution in [1.29, 1.82) is 0 Å². The number of hydrogen-bond acceptors (Lipinski definition) is 5. The molecule has 0 radical (unpaired) electrons. The molecule has 2 N–H and O–H groups in total. The van der Waals surface area contributed by atoms with Crippen molar-refractivity contribution in [1.82, 2.24) is 10.0 Å². The van der Waals surface area contributed by atoms with E-state index in [1.165, 1.54) is 4.90 Å². The molecule has 1 atom stereocenters. The number of fused-ring (bicyclic) bond motifs is 1. The number of thioether (sulfide) groups is 1. The first kappa shape index (κ1) is 22.4. The van der Waals surface area contributed by atoms with Gasteiger partial charge in [0.15, 0.2) is 0 Å². The summed E-state index contributed by atoms with van der Waals surface area (Å²) in [5.74, 6) is 0.997. The van der Waals surface area contributed by atoms with Crippen LogP contribution in [0.25, 0.3) is 0 Å². The lowest BCUT2D eigenvalue weighted by Gasteiger charge is -2.14. The minimum atomic E-state index is -3.61. The first-order valence-electron chi connectivity index (χ1n) is 10.2. The molecule has 2 aromatic carbocycles. The van der Waals surface area contributed by atoms with Crippen LogP contribution in [0.5, 0.6) is 0 Å². The molecule has 1 amide bonds. The fraction of sp³-hybridized carbons (Fsp3) is 0.364. The third kappa shape index (κ3) is 5.86. The smallest absolute Gasteiger partial charge is 0.263 e. The number of sulfonamides is 1. The Hall–Kier alpha value is -2.32. The summed E-state index contributed by atoms with van der Waals surface area (Å²) in [4.78, 5) is 18.7. The maximum Gasteiger partial charge on any atom is 0.263 e. The van der Waals surface area contributed by atoms with Crippen LogP contribution in [0.2, 0.25) is 0 Å². The molecular weight excluding hydrogens is 418 g/mol. The van der Waals surface area contributed by atoms with Gasteiger partial charge in [0.2, 0.25) is 5.91 Å². The summed E-state index contributed by atoms with van der Waals surface area (Å²) in [6, 6.07) is 16.2. The molecule has 3 rings (SSSR count). The third-order valence-corrected chi connectivity index (χ3v) is 7.21. The van der Waals surface area contributed by atoms with E-state index in [2.05, 4.69) is 34.1 Å². The largest absolute Gasteiger partial charge is 0.354 e. The fourth-order valence-electron chi connectivity index (χ4n) is 3.15. The monoisotopic (exact) mass is 445 g/mol. The van der Waals surface area contributed by atoms with Gasteiger partial charge in [-0.3, -0.25) is 14.5 Å². The van der Waals surface area contributed by atoms with E-state index in [1.54, 1.807) is 36.0 Å². The van der Waals surface area contributed by atoms with Crippen LogP contribution in [0.3, 0.4) is 0 Å². The lowest BCUT2D eigenvalue weighted by molar-refractivity contribution is -0.122. The standard InChI is InChI=1S/C22H27N3O3S2/c1-2-3-13-19(22(26)23-15-9-16-29-17-10-5-4-6-11-17)24-21-18-12-7-8-14-20(18)30(27,28)25-21/h4-8,10-12,14,19H,2-3,9,13,15-16H2,1H3,(H,23,26)(H,24,25). The molecule has 0 bridgehead atoms. The van der Waals surface area contributed by atoms with Crippen molar-refractivity contribution in [2.24, 2.45) is 4.99 Å².